The number of hydrogen-bond donors (Lipinski definition) is 1. The second kappa shape index (κ2) is 6.33. The summed E-state index contributed by atoms with van der Waals surface area (Å²) < 4.78 is 5.09. The standard InChI is InChI=1S/C12H22N2OS/c1-5-12(6-2,13-7-8-15-4)11-14-10(3)9-16-11/h9,13H,5-8H2,1-4H3. The van der Waals surface area contributed by atoms with E-state index in [1.807, 2.05) is 6.92 Å². The Morgan fingerprint density at radius 1 is 1.44 bits per heavy atom. The van der Waals surface area contributed by atoms with Crippen molar-refractivity contribution >= 4 is 11.3 Å². The fourth-order valence-corrected chi connectivity index (χ4v) is 2.96. The van der Waals surface area contributed by atoms with Gasteiger partial charge in [0.1, 0.15) is 5.01 Å². The number of aryl methyl sites for hydroxylation is 1. The maximum absolute atomic E-state index is 5.09. The van der Waals surface area contributed by atoms with E-state index in [-0.39, 0.29) is 5.54 Å². The number of rotatable bonds is 7. The van der Waals surface area contributed by atoms with E-state index in [1.165, 1.54) is 5.01 Å². The monoisotopic (exact) mass is 242 g/mol. The molecule has 1 N–H and O–H groups in total. The Balaban J connectivity index is 2.78. The van der Waals surface area contributed by atoms with Gasteiger partial charge < -0.3 is 10.1 Å². The summed E-state index contributed by atoms with van der Waals surface area (Å²) in [6.45, 7) is 8.08. The third-order valence-electron chi connectivity index (χ3n) is 3.01. The first-order chi connectivity index (χ1) is 7.68. The molecule has 4 heteroatoms. The van der Waals surface area contributed by atoms with Crippen molar-refractivity contribution < 1.29 is 4.74 Å². The highest BCUT2D eigenvalue weighted by atomic mass is 32.1. The zero-order chi connectivity index (χ0) is 12.0. The first kappa shape index (κ1) is 13.6. The van der Waals surface area contributed by atoms with Crippen LogP contribution in [-0.4, -0.2) is 25.2 Å². The number of thiazole rings is 1. The summed E-state index contributed by atoms with van der Waals surface area (Å²) in [5.74, 6) is 0. The van der Waals surface area contributed by atoms with E-state index in [4.69, 9.17) is 4.74 Å². The van der Waals surface area contributed by atoms with E-state index in [0.29, 0.717) is 0 Å². The lowest BCUT2D eigenvalue weighted by atomic mass is 9.93. The molecule has 0 bridgehead atoms. The molecule has 0 spiro atoms. The molecule has 1 rings (SSSR count). The molecule has 3 nitrogen and oxygen atoms in total. The van der Waals surface area contributed by atoms with Crippen molar-refractivity contribution in [2.75, 3.05) is 20.3 Å². The largest absolute Gasteiger partial charge is 0.383 e. The molecule has 1 heterocycles. The van der Waals surface area contributed by atoms with Crippen LogP contribution < -0.4 is 5.32 Å². The van der Waals surface area contributed by atoms with Gasteiger partial charge >= 0.3 is 0 Å². The predicted molar refractivity (Wildman–Crippen MR) is 69.0 cm³/mol. The molecule has 0 radical (unpaired) electrons. The third kappa shape index (κ3) is 3.03. The van der Waals surface area contributed by atoms with E-state index < -0.39 is 0 Å². The lowest BCUT2D eigenvalue weighted by molar-refractivity contribution is 0.180. The summed E-state index contributed by atoms with van der Waals surface area (Å²) >= 11 is 1.75. The molecule has 0 atom stereocenters. The second-order valence-corrected chi connectivity index (χ2v) is 4.86. The van der Waals surface area contributed by atoms with Crippen molar-refractivity contribution in [3.8, 4) is 0 Å². The van der Waals surface area contributed by atoms with Crippen LogP contribution in [0.4, 0.5) is 0 Å². The average Bonchev–Trinajstić information content (AvgIpc) is 2.72. The summed E-state index contributed by atoms with van der Waals surface area (Å²) in [5, 5.41) is 6.90. The predicted octanol–water partition coefficient (Wildman–Crippen LogP) is 2.70. The zero-order valence-electron chi connectivity index (χ0n) is 10.7. The first-order valence-corrected chi connectivity index (χ1v) is 6.73. The van der Waals surface area contributed by atoms with Gasteiger partial charge in [-0.25, -0.2) is 4.98 Å². The Kier molecular flexibility index (Phi) is 5.38. The zero-order valence-corrected chi connectivity index (χ0v) is 11.5. The van der Waals surface area contributed by atoms with Gasteiger partial charge in [-0.05, 0) is 19.8 Å². The van der Waals surface area contributed by atoms with Crippen LogP contribution in [0, 0.1) is 6.92 Å². The number of nitrogens with one attached hydrogen (secondary N) is 1. The van der Waals surface area contributed by atoms with Gasteiger partial charge in [-0.1, -0.05) is 13.8 Å². The maximum atomic E-state index is 5.09. The normalized spacial score (nSPS) is 12.0. The molecule has 0 fully saturated rings. The van der Waals surface area contributed by atoms with Crippen LogP contribution in [0.2, 0.25) is 0 Å². The van der Waals surface area contributed by atoms with Crippen LogP contribution in [0.3, 0.4) is 0 Å². The topological polar surface area (TPSA) is 34.1 Å². The molecular weight excluding hydrogens is 220 g/mol. The van der Waals surface area contributed by atoms with Gasteiger partial charge in [-0.15, -0.1) is 11.3 Å². The average molecular weight is 242 g/mol. The Hall–Kier alpha value is -0.450. The van der Waals surface area contributed by atoms with Crippen LogP contribution in [0.15, 0.2) is 5.38 Å². The Morgan fingerprint density at radius 3 is 2.56 bits per heavy atom. The van der Waals surface area contributed by atoms with Crippen molar-refractivity contribution in [1.82, 2.24) is 10.3 Å². The third-order valence-corrected chi connectivity index (χ3v) is 4.17. The fraction of sp³-hybridized carbons (Fsp3) is 0.750. The number of hydrogen-bond acceptors (Lipinski definition) is 4. The van der Waals surface area contributed by atoms with Crippen LogP contribution in [0.25, 0.3) is 0 Å². The highest BCUT2D eigenvalue weighted by Gasteiger charge is 2.30. The molecule has 0 aliphatic carbocycles. The molecule has 0 saturated carbocycles. The quantitative estimate of drug-likeness (QED) is 0.747. The summed E-state index contributed by atoms with van der Waals surface area (Å²) in [7, 11) is 1.73. The first-order valence-electron chi connectivity index (χ1n) is 5.85. The number of aromatic nitrogens is 1. The maximum Gasteiger partial charge on any atom is 0.113 e. The van der Waals surface area contributed by atoms with Gasteiger partial charge in [-0.2, -0.15) is 0 Å². The molecule has 16 heavy (non-hydrogen) atoms. The van der Waals surface area contributed by atoms with Gasteiger partial charge in [0.05, 0.1) is 12.1 Å². The summed E-state index contributed by atoms with van der Waals surface area (Å²) in [4.78, 5) is 4.62. The van der Waals surface area contributed by atoms with Gasteiger partial charge in [0, 0.05) is 24.7 Å². The highest BCUT2D eigenvalue weighted by Crippen LogP contribution is 2.30. The smallest absolute Gasteiger partial charge is 0.113 e. The molecule has 0 aliphatic heterocycles. The van der Waals surface area contributed by atoms with Crippen molar-refractivity contribution in [1.29, 1.82) is 0 Å². The number of methoxy groups -OCH3 is 1. The van der Waals surface area contributed by atoms with E-state index in [9.17, 15) is 0 Å². The van der Waals surface area contributed by atoms with Crippen molar-refractivity contribution in [3.05, 3.63) is 16.1 Å². The van der Waals surface area contributed by atoms with Gasteiger partial charge in [0.25, 0.3) is 0 Å². The molecule has 1 aromatic rings. The molecule has 0 amide bonds. The molecule has 0 aliphatic rings. The summed E-state index contributed by atoms with van der Waals surface area (Å²) in [6, 6.07) is 0. The summed E-state index contributed by atoms with van der Waals surface area (Å²) in [5.41, 5.74) is 1.14. The fourth-order valence-electron chi connectivity index (χ4n) is 1.84. The summed E-state index contributed by atoms with van der Waals surface area (Å²) in [6.07, 6.45) is 2.11. The van der Waals surface area contributed by atoms with Crippen LogP contribution >= 0.6 is 11.3 Å². The SMILES string of the molecule is CCC(CC)(NCCOC)c1nc(C)cs1. The lowest BCUT2D eigenvalue weighted by Crippen LogP contribution is -2.43. The molecule has 0 unspecified atom stereocenters. The molecule has 0 aromatic carbocycles. The highest BCUT2D eigenvalue weighted by molar-refractivity contribution is 7.09. The number of ether oxygens (including phenoxy) is 1. The Bertz CT molecular complexity index is 308. The van der Waals surface area contributed by atoms with Gasteiger partial charge in [0.15, 0.2) is 0 Å². The Labute approximate surface area is 102 Å². The minimum atomic E-state index is 0.0253. The van der Waals surface area contributed by atoms with E-state index >= 15 is 0 Å². The second-order valence-electron chi connectivity index (χ2n) is 4.00. The van der Waals surface area contributed by atoms with Crippen LogP contribution in [0.1, 0.15) is 37.4 Å². The molecule has 0 saturated heterocycles. The minimum Gasteiger partial charge on any atom is -0.383 e. The van der Waals surface area contributed by atoms with Crippen molar-refractivity contribution in [2.45, 2.75) is 39.2 Å². The molecule has 92 valence electrons. The van der Waals surface area contributed by atoms with Crippen LogP contribution in [-0.2, 0) is 10.3 Å². The van der Waals surface area contributed by atoms with Crippen molar-refractivity contribution in [2.24, 2.45) is 0 Å². The molecular formula is C12H22N2OS. The van der Waals surface area contributed by atoms with E-state index in [0.717, 1.165) is 31.7 Å². The molecule has 1 aromatic heterocycles. The minimum absolute atomic E-state index is 0.0253. The van der Waals surface area contributed by atoms with Crippen molar-refractivity contribution in [3.63, 3.8) is 0 Å². The van der Waals surface area contributed by atoms with Crippen LogP contribution in [0.5, 0.6) is 0 Å². The Morgan fingerprint density at radius 2 is 2.12 bits per heavy atom. The number of nitrogens with zero attached hydrogens (tertiary/aromatic N) is 1. The van der Waals surface area contributed by atoms with Gasteiger partial charge in [0.2, 0.25) is 0 Å². The lowest BCUT2D eigenvalue weighted by Gasteiger charge is -2.31. The van der Waals surface area contributed by atoms with E-state index in [2.05, 4.69) is 29.5 Å². The van der Waals surface area contributed by atoms with E-state index in [1.54, 1.807) is 18.4 Å². The van der Waals surface area contributed by atoms with Gasteiger partial charge in [-0.3, -0.25) is 0 Å².